The number of benzene rings is 3. The van der Waals surface area contributed by atoms with Gasteiger partial charge in [-0.2, -0.15) is 4.98 Å². The Labute approximate surface area is 420 Å². The predicted molar refractivity (Wildman–Crippen MR) is 270 cm³/mol. The van der Waals surface area contributed by atoms with Crippen LogP contribution in [0.15, 0.2) is 84.5 Å². The lowest BCUT2D eigenvalue weighted by molar-refractivity contribution is -0.144. The molecule has 0 saturated carbocycles. The van der Waals surface area contributed by atoms with Gasteiger partial charge in [0, 0.05) is 55.8 Å². The number of halogens is 1. The van der Waals surface area contributed by atoms with E-state index in [1.54, 1.807) is 29.7 Å². The van der Waals surface area contributed by atoms with Crippen molar-refractivity contribution >= 4 is 46.3 Å². The first kappa shape index (κ1) is 53.4. The lowest BCUT2D eigenvalue weighted by atomic mass is 9.78. The summed E-state index contributed by atoms with van der Waals surface area (Å²) in [5.74, 6) is -0.562. The third-order valence-corrected chi connectivity index (χ3v) is 13.4. The van der Waals surface area contributed by atoms with Crippen molar-refractivity contribution in [3.05, 3.63) is 129 Å². The largest absolute Gasteiger partial charge is 0.487 e. The average molecular weight is 995 g/mol. The van der Waals surface area contributed by atoms with Crippen LogP contribution in [-0.2, 0) is 35.9 Å². The molecule has 0 radical (unpaired) electrons. The molecule has 6 rings (SSSR count). The maximum Gasteiger partial charge on any atom is 0.316 e. The van der Waals surface area contributed by atoms with Crippen LogP contribution in [0.2, 0.25) is 5.02 Å². The molecule has 3 aromatic carbocycles. The number of carbonyl (C=O) groups excluding carboxylic acids is 3. The number of amides is 3. The van der Waals surface area contributed by atoms with Gasteiger partial charge in [-0.3, -0.25) is 14.4 Å². The number of nitrogens with one attached hydrogen (secondary N) is 2. The molecule has 4 atom stereocenters. The van der Waals surface area contributed by atoms with E-state index >= 15 is 0 Å². The fourth-order valence-electron chi connectivity index (χ4n) is 8.04. The number of carbonyl (C=O) groups is 3. The smallest absolute Gasteiger partial charge is 0.316 e. The van der Waals surface area contributed by atoms with Gasteiger partial charge in [0.1, 0.15) is 31.0 Å². The standard InChI is InChI=1S/C53H64ClN7O8S/c1-34(36-12-14-37(15-13-36)47-35(2)57-33-70-47)58-49(64)45-29-43(62)30-61(45)50(65)48(52(3,4)5)60-46(63)32-67-23-10-9-22-66-24-11-25-68-51-56-21-20-41(59-51)31-69-44-18-16-38(17-19-44)53(6,7)39-26-40(54)28-42(27-39)55-8/h12-21,26-28,33-34,43,45,48,62H,9-11,22-25,29-32H2,1-7H3,(H,58,64)(H,60,63)/t34-,43+,45-,48+/m0/s1. The summed E-state index contributed by atoms with van der Waals surface area (Å²) in [6.07, 6.45) is 2.88. The predicted octanol–water partition coefficient (Wildman–Crippen LogP) is 8.97. The second kappa shape index (κ2) is 24.7. The normalized spacial score (nSPS) is 15.7. The van der Waals surface area contributed by atoms with Gasteiger partial charge in [-0.25, -0.2) is 14.8 Å². The van der Waals surface area contributed by atoms with Gasteiger partial charge in [0.05, 0.1) is 47.1 Å². The number of aryl methyl sites for hydroxylation is 1. The number of likely N-dealkylation sites (tertiary alicyclic amines) is 1. The summed E-state index contributed by atoms with van der Waals surface area (Å²) in [4.78, 5) is 59.8. The summed E-state index contributed by atoms with van der Waals surface area (Å²) in [6.45, 7) is 22.6. The van der Waals surface area contributed by atoms with E-state index in [0.29, 0.717) is 61.4 Å². The fraction of sp³-hybridized carbons (Fsp3) is 0.453. The van der Waals surface area contributed by atoms with E-state index in [4.69, 9.17) is 37.1 Å². The number of unbranched alkanes of at least 4 members (excludes halogenated alkanes) is 1. The van der Waals surface area contributed by atoms with Crippen molar-refractivity contribution in [1.82, 2.24) is 30.5 Å². The van der Waals surface area contributed by atoms with Crippen LogP contribution in [0.25, 0.3) is 15.3 Å². The Kier molecular flexibility index (Phi) is 18.9. The SMILES string of the molecule is [C-]#[N+]c1cc(Cl)cc(C(C)(C)c2ccc(OCc3ccnc(OCCCOCCCCOCC(=O)N[C@H](C(=O)N4C[C@H](O)C[C@H]4C(=O)N[C@@H](C)c4ccc(-c5scnc5C)cc4)C(C)(C)C)n3)cc2)c1. The maximum atomic E-state index is 14.0. The molecule has 1 aliphatic rings. The van der Waals surface area contributed by atoms with Crippen LogP contribution >= 0.6 is 22.9 Å². The van der Waals surface area contributed by atoms with Crippen LogP contribution in [0.4, 0.5) is 5.69 Å². The Morgan fingerprint density at radius 2 is 1.61 bits per heavy atom. The van der Waals surface area contributed by atoms with Crippen molar-refractivity contribution < 1.29 is 38.4 Å². The summed E-state index contributed by atoms with van der Waals surface area (Å²) < 4.78 is 23.2. The highest BCUT2D eigenvalue weighted by molar-refractivity contribution is 7.13. The average Bonchev–Trinajstić information content (AvgIpc) is 3.96. The van der Waals surface area contributed by atoms with Crippen LogP contribution < -0.4 is 20.1 Å². The Balaban J connectivity index is 0.842. The van der Waals surface area contributed by atoms with Crippen molar-refractivity contribution in [3.8, 4) is 22.2 Å². The molecule has 17 heteroatoms. The number of aromatic nitrogens is 3. The molecule has 1 fully saturated rings. The molecule has 1 saturated heterocycles. The molecule has 3 N–H and O–H groups in total. The van der Waals surface area contributed by atoms with Gasteiger partial charge in [-0.15, -0.1) is 11.3 Å². The molecule has 70 heavy (non-hydrogen) atoms. The maximum absolute atomic E-state index is 14.0. The van der Waals surface area contributed by atoms with E-state index in [2.05, 4.69) is 44.3 Å². The zero-order chi connectivity index (χ0) is 50.4. The van der Waals surface area contributed by atoms with E-state index in [9.17, 15) is 19.5 Å². The van der Waals surface area contributed by atoms with Crippen molar-refractivity contribution in [1.29, 1.82) is 0 Å². The summed E-state index contributed by atoms with van der Waals surface area (Å²) in [5.41, 5.74) is 6.85. The van der Waals surface area contributed by atoms with Crippen LogP contribution in [0.3, 0.4) is 0 Å². The van der Waals surface area contributed by atoms with E-state index in [1.165, 1.54) is 4.90 Å². The first-order valence-electron chi connectivity index (χ1n) is 23.5. The minimum atomic E-state index is -0.955. The first-order valence-corrected chi connectivity index (χ1v) is 24.8. The molecule has 0 spiro atoms. The monoisotopic (exact) mass is 993 g/mol. The molecule has 0 aliphatic carbocycles. The van der Waals surface area contributed by atoms with Gasteiger partial charge in [0.2, 0.25) is 17.7 Å². The minimum Gasteiger partial charge on any atom is -0.487 e. The van der Waals surface area contributed by atoms with E-state index in [0.717, 1.165) is 39.2 Å². The highest BCUT2D eigenvalue weighted by Gasteiger charge is 2.44. The molecule has 15 nitrogen and oxygen atoms in total. The highest BCUT2D eigenvalue weighted by atomic mass is 35.5. The van der Waals surface area contributed by atoms with Crippen LogP contribution in [0.5, 0.6) is 11.8 Å². The zero-order valence-electron chi connectivity index (χ0n) is 41.0. The Bertz CT molecular complexity index is 2580. The third kappa shape index (κ3) is 14.8. The van der Waals surface area contributed by atoms with E-state index < -0.39 is 35.4 Å². The Morgan fingerprint density at radius 3 is 2.30 bits per heavy atom. The lowest BCUT2D eigenvalue weighted by Gasteiger charge is -2.35. The summed E-state index contributed by atoms with van der Waals surface area (Å²) in [7, 11) is 0. The van der Waals surface area contributed by atoms with Gasteiger partial charge in [0.25, 0.3) is 0 Å². The Morgan fingerprint density at radius 1 is 0.900 bits per heavy atom. The van der Waals surface area contributed by atoms with Gasteiger partial charge in [0.15, 0.2) is 5.69 Å². The zero-order valence-corrected chi connectivity index (χ0v) is 42.6. The molecular formula is C53H64ClN7O8S. The quantitative estimate of drug-likeness (QED) is 0.0420. The summed E-state index contributed by atoms with van der Waals surface area (Å²) in [5, 5.41) is 17.0. The minimum absolute atomic E-state index is 0.0145. The van der Waals surface area contributed by atoms with Crippen LogP contribution in [-0.4, -0.2) is 100 Å². The van der Waals surface area contributed by atoms with Crippen LogP contribution in [0.1, 0.15) is 101 Å². The summed E-state index contributed by atoms with van der Waals surface area (Å²) in [6, 6.07) is 21.0. The van der Waals surface area contributed by atoms with Crippen molar-refractivity contribution in [2.24, 2.45) is 5.41 Å². The highest BCUT2D eigenvalue weighted by Crippen LogP contribution is 2.36. The van der Waals surface area contributed by atoms with E-state index in [-0.39, 0.29) is 49.6 Å². The number of aliphatic hydroxyl groups excluding tert-OH is 1. The lowest BCUT2D eigenvalue weighted by Crippen LogP contribution is -2.58. The summed E-state index contributed by atoms with van der Waals surface area (Å²) >= 11 is 7.86. The fourth-order valence-corrected chi connectivity index (χ4v) is 9.08. The van der Waals surface area contributed by atoms with Gasteiger partial charge >= 0.3 is 6.01 Å². The topological polar surface area (TPSA) is 179 Å². The first-order chi connectivity index (χ1) is 33.4. The molecular weight excluding hydrogens is 930 g/mol. The number of aliphatic hydroxyl groups is 1. The van der Waals surface area contributed by atoms with Gasteiger partial charge < -0.3 is 39.6 Å². The van der Waals surface area contributed by atoms with Crippen molar-refractivity contribution in [2.45, 2.75) is 110 Å². The molecule has 3 amide bonds. The molecule has 3 heterocycles. The van der Waals surface area contributed by atoms with Crippen LogP contribution in [0, 0.1) is 18.9 Å². The number of ether oxygens (including phenoxy) is 4. The van der Waals surface area contributed by atoms with E-state index in [1.807, 2.05) is 101 Å². The molecule has 1 aliphatic heterocycles. The Hall–Kier alpha value is -5.96. The molecule has 0 bridgehead atoms. The number of rotatable bonds is 23. The molecule has 0 unspecified atom stereocenters. The van der Waals surface area contributed by atoms with Crippen molar-refractivity contribution in [2.75, 3.05) is 39.6 Å². The van der Waals surface area contributed by atoms with Crippen molar-refractivity contribution in [3.63, 3.8) is 0 Å². The molecule has 372 valence electrons. The third-order valence-electron chi connectivity index (χ3n) is 12.2. The van der Waals surface area contributed by atoms with Gasteiger partial charge in [-0.1, -0.05) is 88.7 Å². The van der Waals surface area contributed by atoms with Gasteiger partial charge in [-0.05, 0) is 84.7 Å². The number of hydrogen-bond donors (Lipinski definition) is 3. The second-order valence-corrected chi connectivity index (χ2v) is 20.3. The molecule has 2 aromatic heterocycles. The number of β-amino-alcohol motifs (C(OH)–C–C–N with tert-alkyl or cyclic N) is 1. The number of thiazole rings is 1. The molecule has 5 aromatic rings. The number of nitrogens with zero attached hydrogens (tertiary/aromatic N) is 5. The second-order valence-electron chi connectivity index (χ2n) is 19.0. The number of hydrogen-bond acceptors (Lipinski definition) is 12.